The number of aromatic nitrogens is 2. The van der Waals surface area contributed by atoms with Gasteiger partial charge in [0.05, 0.1) is 12.7 Å². The summed E-state index contributed by atoms with van der Waals surface area (Å²) in [6, 6.07) is 14.9. The Labute approximate surface area is 165 Å². The van der Waals surface area contributed by atoms with Gasteiger partial charge in [-0.05, 0) is 35.7 Å². The molecule has 0 fully saturated rings. The number of thioether (sulfide) groups is 1. The highest BCUT2D eigenvalue weighted by Gasteiger charge is 2.14. The van der Waals surface area contributed by atoms with Crippen LogP contribution in [-0.4, -0.2) is 17.3 Å². The second-order valence-electron chi connectivity index (χ2n) is 6.14. The molecule has 4 aromatic rings. The Morgan fingerprint density at radius 1 is 1.07 bits per heavy atom. The van der Waals surface area contributed by atoms with Crippen molar-refractivity contribution in [2.45, 2.75) is 24.3 Å². The highest BCUT2D eigenvalue weighted by molar-refractivity contribution is 7.98. The molecule has 0 radical (unpaired) electrons. The van der Waals surface area contributed by atoms with Gasteiger partial charge in [0.15, 0.2) is 0 Å². The maximum Gasteiger partial charge on any atom is 0.336 e. The summed E-state index contributed by atoms with van der Waals surface area (Å²) in [4.78, 5) is 11.9. The van der Waals surface area contributed by atoms with E-state index in [0.29, 0.717) is 28.2 Å². The van der Waals surface area contributed by atoms with Crippen LogP contribution >= 0.6 is 11.8 Å². The molecular weight excluding hydrogens is 376 g/mol. The third-order valence-electron chi connectivity index (χ3n) is 4.40. The molecule has 2 aromatic heterocycles. The number of benzene rings is 2. The first-order valence-corrected chi connectivity index (χ1v) is 9.82. The van der Waals surface area contributed by atoms with E-state index in [2.05, 4.69) is 17.1 Å². The smallest absolute Gasteiger partial charge is 0.336 e. The third-order valence-corrected chi connectivity index (χ3v) is 5.27. The molecule has 2 heterocycles. The summed E-state index contributed by atoms with van der Waals surface area (Å²) in [6.45, 7) is 2.06. The van der Waals surface area contributed by atoms with Crippen LogP contribution in [0.1, 0.15) is 18.1 Å². The van der Waals surface area contributed by atoms with E-state index in [0.717, 1.165) is 28.5 Å². The van der Waals surface area contributed by atoms with Crippen LogP contribution in [0.4, 0.5) is 0 Å². The zero-order valence-electron chi connectivity index (χ0n) is 15.5. The maximum absolute atomic E-state index is 11.9. The molecule has 0 atom stereocenters. The van der Waals surface area contributed by atoms with Gasteiger partial charge in [0.2, 0.25) is 0 Å². The van der Waals surface area contributed by atoms with E-state index < -0.39 is 0 Å². The fourth-order valence-electron chi connectivity index (χ4n) is 2.95. The molecule has 0 amide bonds. The fourth-order valence-corrected chi connectivity index (χ4v) is 3.71. The molecule has 142 valence electrons. The van der Waals surface area contributed by atoms with Crippen LogP contribution in [0.2, 0.25) is 0 Å². The number of hydrogen-bond donors (Lipinski definition) is 0. The monoisotopic (exact) mass is 394 g/mol. The molecule has 0 aliphatic rings. The molecule has 2 aromatic carbocycles. The average Bonchev–Trinajstić information content (AvgIpc) is 3.20. The van der Waals surface area contributed by atoms with Crippen LogP contribution < -0.4 is 10.4 Å². The number of nitrogens with zero attached hydrogens (tertiary/aromatic N) is 2. The molecule has 28 heavy (non-hydrogen) atoms. The predicted octanol–water partition coefficient (Wildman–Crippen LogP) is 4.71. The summed E-state index contributed by atoms with van der Waals surface area (Å²) in [6.07, 6.45) is 0.881. The minimum atomic E-state index is -0.364. The van der Waals surface area contributed by atoms with E-state index in [9.17, 15) is 4.79 Å². The van der Waals surface area contributed by atoms with Crippen molar-refractivity contribution in [3.8, 4) is 17.2 Å². The van der Waals surface area contributed by atoms with E-state index in [4.69, 9.17) is 13.6 Å². The molecule has 0 spiro atoms. The van der Waals surface area contributed by atoms with Crippen LogP contribution in [-0.2, 0) is 12.2 Å². The van der Waals surface area contributed by atoms with Gasteiger partial charge < -0.3 is 13.6 Å². The summed E-state index contributed by atoms with van der Waals surface area (Å²) in [5.41, 5.74) is 2.97. The van der Waals surface area contributed by atoms with Crippen molar-refractivity contribution in [2.75, 3.05) is 7.11 Å². The van der Waals surface area contributed by atoms with Crippen molar-refractivity contribution < 1.29 is 13.6 Å². The van der Waals surface area contributed by atoms with Gasteiger partial charge in [-0.1, -0.05) is 43.0 Å². The standard InChI is InChI=1S/C21H18N2O4S/c1-3-13-8-9-15-14(11-19(24)26-18(15)10-13)12-28-21-23-22-20(27-21)16-6-4-5-7-17(16)25-2/h4-11H,3,12H2,1-2H3. The summed E-state index contributed by atoms with van der Waals surface area (Å²) in [7, 11) is 1.60. The first-order valence-electron chi connectivity index (χ1n) is 8.83. The van der Waals surface area contributed by atoms with Crippen LogP contribution in [0.25, 0.3) is 22.4 Å². The molecule has 0 bridgehead atoms. The van der Waals surface area contributed by atoms with Gasteiger partial charge in [0.1, 0.15) is 11.3 Å². The molecule has 0 aliphatic carbocycles. The van der Waals surface area contributed by atoms with E-state index in [1.54, 1.807) is 7.11 Å². The summed E-state index contributed by atoms with van der Waals surface area (Å²) >= 11 is 1.37. The van der Waals surface area contributed by atoms with Gasteiger partial charge in [-0.2, -0.15) is 0 Å². The van der Waals surface area contributed by atoms with Gasteiger partial charge in [-0.15, -0.1) is 10.2 Å². The lowest BCUT2D eigenvalue weighted by atomic mass is 10.1. The number of rotatable bonds is 6. The average molecular weight is 394 g/mol. The number of aryl methyl sites for hydroxylation is 1. The Bertz CT molecular complexity index is 1180. The minimum Gasteiger partial charge on any atom is -0.496 e. The number of ether oxygens (including phenoxy) is 1. The number of para-hydroxylation sites is 1. The van der Waals surface area contributed by atoms with Crippen molar-refractivity contribution in [3.05, 3.63) is 70.1 Å². The van der Waals surface area contributed by atoms with Crippen LogP contribution in [0.5, 0.6) is 5.75 Å². The molecule has 7 heteroatoms. The zero-order valence-corrected chi connectivity index (χ0v) is 16.3. The summed E-state index contributed by atoms with van der Waals surface area (Å²) < 4.78 is 16.5. The molecule has 0 saturated carbocycles. The van der Waals surface area contributed by atoms with Gasteiger partial charge in [-0.25, -0.2) is 4.79 Å². The van der Waals surface area contributed by atoms with Crippen molar-refractivity contribution in [1.82, 2.24) is 10.2 Å². The quantitative estimate of drug-likeness (QED) is 0.346. The fraction of sp³-hybridized carbons (Fsp3) is 0.190. The second kappa shape index (κ2) is 7.90. The van der Waals surface area contributed by atoms with E-state index in [1.807, 2.05) is 42.5 Å². The Hall–Kier alpha value is -3.06. The number of methoxy groups -OCH3 is 1. The lowest BCUT2D eigenvalue weighted by Gasteiger charge is -2.05. The lowest BCUT2D eigenvalue weighted by molar-refractivity contribution is 0.411. The zero-order chi connectivity index (χ0) is 19.5. The number of hydrogen-bond acceptors (Lipinski definition) is 7. The SMILES string of the molecule is CCc1ccc2c(CSc3nnc(-c4ccccc4OC)o3)cc(=O)oc2c1. The first kappa shape index (κ1) is 18.3. The molecular formula is C21H18N2O4S. The lowest BCUT2D eigenvalue weighted by Crippen LogP contribution is -2.00. The Kier molecular flexibility index (Phi) is 5.16. The Balaban J connectivity index is 1.59. The molecule has 4 rings (SSSR count). The first-order chi connectivity index (χ1) is 13.7. The van der Waals surface area contributed by atoms with Gasteiger partial charge >= 0.3 is 5.63 Å². The summed E-state index contributed by atoms with van der Waals surface area (Å²) in [5, 5.41) is 9.55. The Morgan fingerprint density at radius 2 is 1.93 bits per heavy atom. The van der Waals surface area contributed by atoms with Crippen molar-refractivity contribution in [2.24, 2.45) is 0 Å². The molecule has 0 saturated heterocycles. The van der Waals surface area contributed by atoms with Gasteiger partial charge in [0.25, 0.3) is 11.1 Å². The minimum absolute atomic E-state index is 0.364. The largest absolute Gasteiger partial charge is 0.496 e. The van der Waals surface area contributed by atoms with Crippen LogP contribution in [0, 0.1) is 0 Å². The molecule has 0 unspecified atom stereocenters. The van der Waals surface area contributed by atoms with Gasteiger partial charge in [0, 0.05) is 17.2 Å². The normalized spacial score (nSPS) is 11.1. The van der Waals surface area contributed by atoms with E-state index >= 15 is 0 Å². The van der Waals surface area contributed by atoms with Crippen LogP contribution in [0.15, 0.2) is 67.4 Å². The highest BCUT2D eigenvalue weighted by atomic mass is 32.2. The summed E-state index contributed by atoms with van der Waals surface area (Å²) in [5.74, 6) is 1.58. The highest BCUT2D eigenvalue weighted by Crippen LogP contribution is 2.32. The molecule has 0 N–H and O–H groups in total. The molecule has 0 aliphatic heterocycles. The van der Waals surface area contributed by atoms with Crippen LogP contribution in [0.3, 0.4) is 0 Å². The van der Waals surface area contributed by atoms with Crippen molar-refractivity contribution in [3.63, 3.8) is 0 Å². The van der Waals surface area contributed by atoms with Crippen molar-refractivity contribution in [1.29, 1.82) is 0 Å². The second-order valence-corrected chi connectivity index (χ2v) is 7.06. The van der Waals surface area contributed by atoms with E-state index in [1.165, 1.54) is 17.8 Å². The van der Waals surface area contributed by atoms with E-state index in [-0.39, 0.29) is 5.63 Å². The Morgan fingerprint density at radius 3 is 2.75 bits per heavy atom. The molecule has 6 nitrogen and oxygen atoms in total. The third kappa shape index (κ3) is 3.66. The van der Waals surface area contributed by atoms with Crippen molar-refractivity contribution >= 4 is 22.7 Å². The maximum atomic E-state index is 11.9. The topological polar surface area (TPSA) is 78.4 Å². The van der Waals surface area contributed by atoms with Gasteiger partial charge in [-0.3, -0.25) is 0 Å². The predicted molar refractivity (Wildman–Crippen MR) is 108 cm³/mol. The number of fused-ring (bicyclic) bond motifs is 1.